The number of halogens is 1. The Bertz CT molecular complexity index is 764. The Morgan fingerprint density at radius 3 is 2.65 bits per heavy atom. The molecule has 0 fully saturated rings. The highest BCUT2D eigenvalue weighted by Gasteiger charge is 2.13. The molecule has 0 N–H and O–H groups in total. The zero-order chi connectivity index (χ0) is 16.7. The molecule has 0 aromatic heterocycles. The van der Waals surface area contributed by atoms with E-state index in [4.69, 9.17) is 14.7 Å². The van der Waals surface area contributed by atoms with Gasteiger partial charge >= 0.3 is 5.97 Å². The molecule has 0 saturated heterocycles. The highest BCUT2D eigenvalue weighted by atomic mass is 19.1. The third kappa shape index (κ3) is 4.42. The topological polar surface area (TPSA) is 59.3 Å². The molecule has 0 bridgehead atoms. The van der Waals surface area contributed by atoms with Crippen molar-refractivity contribution in [1.29, 1.82) is 5.26 Å². The molecule has 2 rings (SSSR count). The molecule has 0 unspecified atom stereocenters. The molecule has 4 nitrogen and oxygen atoms in total. The fraction of sp³-hybridized carbons (Fsp3) is 0.111. The number of hydrogen-bond acceptors (Lipinski definition) is 4. The van der Waals surface area contributed by atoms with Crippen molar-refractivity contribution < 1.29 is 18.7 Å². The van der Waals surface area contributed by atoms with Crippen LogP contribution in [0.3, 0.4) is 0 Å². The molecule has 116 valence electrons. The van der Waals surface area contributed by atoms with Crippen LogP contribution in [0, 0.1) is 17.1 Å². The minimum Gasteiger partial charge on any atom is -0.497 e. The molecule has 0 aliphatic carbocycles. The summed E-state index contributed by atoms with van der Waals surface area (Å²) < 4.78 is 23.8. The lowest BCUT2D eigenvalue weighted by Crippen LogP contribution is -2.07. The zero-order valence-electron chi connectivity index (χ0n) is 12.5. The van der Waals surface area contributed by atoms with E-state index in [1.54, 1.807) is 18.2 Å². The summed E-state index contributed by atoms with van der Waals surface area (Å²) in [6, 6.07) is 14.9. The lowest BCUT2D eigenvalue weighted by molar-refractivity contribution is -0.139. The van der Waals surface area contributed by atoms with Crippen molar-refractivity contribution in [2.75, 3.05) is 7.11 Å². The molecule has 0 amide bonds. The van der Waals surface area contributed by atoms with E-state index >= 15 is 0 Å². The number of nitrogens with zero attached hydrogens (tertiary/aromatic N) is 1. The second-order valence-electron chi connectivity index (χ2n) is 4.62. The van der Waals surface area contributed by atoms with Gasteiger partial charge in [0, 0.05) is 5.56 Å². The van der Waals surface area contributed by atoms with Gasteiger partial charge in [-0.15, -0.1) is 0 Å². The molecule has 2 aromatic rings. The predicted molar refractivity (Wildman–Crippen MR) is 82.8 cm³/mol. The van der Waals surface area contributed by atoms with Gasteiger partial charge in [0.05, 0.1) is 7.11 Å². The first-order chi connectivity index (χ1) is 11.1. The van der Waals surface area contributed by atoms with Gasteiger partial charge in [-0.25, -0.2) is 9.18 Å². The molecule has 0 heterocycles. The summed E-state index contributed by atoms with van der Waals surface area (Å²) in [5.41, 5.74) is 0.594. The van der Waals surface area contributed by atoms with Crippen LogP contribution in [0.2, 0.25) is 0 Å². The third-order valence-corrected chi connectivity index (χ3v) is 3.06. The summed E-state index contributed by atoms with van der Waals surface area (Å²) in [5.74, 6) is -0.944. The van der Waals surface area contributed by atoms with E-state index in [2.05, 4.69) is 0 Å². The number of methoxy groups -OCH3 is 1. The maximum atomic E-state index is 13.8. The van der Waals surface area contributed by atoms with Gasteiger partial charge in [0.2, 0.25) is 0 Å². The lowest BCUT2D eigenvalue weighted by Gasteiger charge is -2.05. The number of esters is 1. The summed E-state index contributed by atoms with van der Waals surface area (Å²) in [6.45, 7) is 0.0410. The normalized spacial score (nSPS) is 10.7. The fourth-order valence-corrected chi connectivity index (χ4v) is 1.85. The second-order valence-corrected chi connectivity index (χ2v) is 4.62. The standard InChI is InChI=1S/C18H14FNO3/c1-22-16-7-8-17(19)14(10-16)9-15(11-20)18(21)23-12-13-5-3-2-4-6-13/h2-10H,12H2,1H3. The number of hydrogen-bond donors (Lipinski definition) is 0. The second kappa shape index (κ2) is 7.76. The number of nitriles is 1. The van der Waals surface area contributed by atoms with Crippen molar-refractivity contribution in [1.82, 2.24) is 0 Å². The van der Waals surface area contributed by atoms with Gasteiger partial charge in [-0.1, -0.05) is 30.3 Å². The Kier molecular flexibility index (Phi) is 5.48. The first kappa shape index (κ1) is 16.2. The lowest BCUT2D eigenvalue weighted by atomic mass is 10.1. The van der Waals surface area contributed by atoms with Crippen LogP contribution in [-0.2, 0) is 16.1 Å². The molecule has 0 spiro atoms. The molecule has 2 aromatic carbocycles. The number of carbonyl (C=O) groups excluding carboxylic acids is 1. The largest absolute Gasteiger partial charge is 0.497 e. The Labute approximate surface area is 133 Å². The Hall–Kier alpha value is -3.13. The monoisotopic (exact) mass is 311 g/mol. The van der Waals surface area contributed by atoms with E-state index in [9.17, 15) is 9.18 Å². The molecule has 0 aliphatic heterocycles. The van der Waals surface area contributed by atoms with Gasteiger partial charge < -0.3 is 9.47 Å². The maximum Gasteiger partial charge on any atom is 0.349 e. The van der Waals surface area contributed by atoms with Crippen molar-refractivity contribution in [3.05, 3.63) is 71.0 Å². The molecule has 5 heteroatoms. The van der Waals surface area contributed by atoms with Gasteiger partial charge in [0.1, 0.15) is 29.8 Å². The van der Waals surface area contributed by atoms with Crippen molar-refractivity contribution in [3.8, 4) is 11.8 Å². The average molecular weight is 311 g/mol. The maximum absolute atomic E-state index is 13.8. The van der Waals surface area contributed by atoms with E-state index < -0.39 is 11.8 Å². The number of benzene rings is 2. The third-order valence-electron chi connectivity index (χ3n) is 3.06. The highest BCUT2D eigenvalue weighted by molar-refractivity contribution is 5.97. The van der Waals surface area contributed by atoms with Crippen molar-refractivity contribution >= 4 is 12.0 Å². The molecular weight excluding hydrogens is 297 g/mol. The van der Waals surface area contributed by atoms with Gasteiger partial charge in [0.25, 0.3) is 0 Å². The van der Waals surface area contributed by atoms with E-state index in [1.807, 2.05) is 18.2 Å². The Balaban J connectivity index is 2.15. The summed E-state index contributed by atoms with van der Waals surface area (Å²) in [5, 5.41) is 9.10. The SMILES string of the molecule is COc1ccc(F)c(C=C(C#N)C(=O)OCc2ccccc2)c1. The van der Waals surface area contributed by atoms with Crippen molar-refractivity contribution in [2.45, 2.75) is 6.61 Å². The molecule has 0 saturated carbocycles. The molecule has 0 aliphatic rings. The van der Waals surface area contributed by atoms with Crippen molar-refractivity contribution in [3.63, 3.8) is 0 Å². The highest BCUT2D eigenvalue weighted by Crippen LogP contribution is 2.19. The zero-order valence-corrected chi connectivity index (χ0v) is 12.5. The van der Waals surface area contributed by atoms with Crippen LogP contribution >= 0.6 is 0 Å². The Morgan fingerprint density at radius 2 is 2.00 bits per heavy atom. The Morgan fingerprint density at radius 1 is 1.26 bits per heavy atom. The number of carbonyl (C=O) groups is 1. The molecule has 23 heavy (non-hydrogen) atoms. The van der Waals surface area contributed by atoms with Crippen LogP contribution in [0.4, 0.5) is 4.39 Å². The van der Waals surface area contributed by atoms with Crippen LogP contribution < -0.4 is 4.74 Å². The smallest absolute Gasteiger partial charge is 0.349 e. The van der Waals surface area contributed by atoms with Crippen LogP contribution in [0.1, 0.15) is 11.1 Å². The van der Waals surface area contributed by atoms with E-state index in [0.717, 1.165) is 11.6 Å². The summed E-state index contributed by atoms with van der Waals surface area (Å²) in [4.78, 5) is 12.0. The van der Waals surface area contributed by atoms with E-state index in [1.165, 1.54) is 25.3 Å². The molecule has 0 radical (unpaired) electrons. The van der Waals surface area contributed by atoms with Crippen LogP contribution in [0.5, 0.6) is 5.75 Å². The molecule has 0 atom stereocenters. The predicted octanol–water partition coefficient (Wildman–Crippen LogP) is 3.48. The van der Waals surface area contributed by atoms with Gasteiger partial charge in [0.15, 0.2) is 0 Å². The van der Waals surface area contributed by atoms with Crippen molar-refractivity contribution in [2.24, 2.45) is 0 Å². The van der Waals surface area contributed by atoms with Gasteiger partial charge in [-0.3, -0.25) is 0 Å². The summed E-state index contributed by atoms with van der Waals surface area (Å²) >= 11 is 0. The first-order valence-corrected chi connectivity index (χ1v) is 6.80. The summed E-state index contributed by atoms with van der Waals surface area (Å²) in [6.07, 6.45) is 1.14. The van der Waals surface area contributed by atoms with Crippen LogP contribution in [0.15, 0.2) is 54.1 Å². The van der Waals surface area contributed by atoms with Gasteiger partial charge in [-0.05, 0) is 29.8 Å². The van der Waals surface area contributed by atoms with Crippen LogP contribution in [-0.4, -0.2) is 13.1 Å². The average Bonchev–Trinajstić information content (AvgIpc) is 2.59. The first-order valence-electron chi connectivity index (χ1n) is 6.80. The van der Waals surface area contributed by atoms with E-state index in [0.29, 0.717) is 5.75 Å². The number of rotatable bonds is 5. The summed E-state index contributed by atoms with van der Waals surface area (Å²) in [7, 11) is 1.44. The number of ether oxygens (including phenoxy) is 2. The van der Waals surface area contributed by atoms with Crippen LogP contribution in [0.25, 0.3) is 6.08 Å². The van der Waals surface area contributed by atoms with E-state index in [-0.39, 0.29) is 17.7 Å². The fourth-order valence-electron chi connectivity index (χ4n) is 1.85. The minimum absolute atomic E-state index is 0.0410. The molecular formula is C18H14FNO3. The van der Waals surface area contributed by atoms with Gasteiger partial charge in [-0.2, -0.15) is 5.26 Å². The minimum atomic E-state index is -0.807. The quantitative estimate of drug-likeness (QED) is 0.482.